The highest BCUT2D eigenvalue weighted by Gasteiger charge is 2.13. The predicted octanol–water partition coefficient (Wildman–Crippen LogP) is -1.03. The molecule has 7 heavy (non-hydrogen) atoms. The number of oxime groups is 1. The summed E-state index contributed by atoms with van der Waals surface area (Å²) in [4.78, 5) is 13.8. The zero-order valence-electron chi connectivity index (χ0n) is 3.29. The van der Waals surface area contributed by atoms with Crippen molar-refractivity contribution in [3.8, 4) is 0 Å². The number of rotatable bonds is 0. The first-order valence-electron chi connectivity index (χ1n) is 1.55. The van der Waals surface area contributed by atoms with Crippen LogP contribution in [0.15, 0.2) is 5.16 Å². The summed E-state index contributed by atoms with van der Waals surface area (Å²) in [6.07, 6.45) is -0.752. The minimum atomic E-state index is -0.752. The van der Waals surface area contributed by atoms with Crippen molar-refractivity contribution in [2.45, 2.75) is 0 Å². The van der Waals surface area contributed by atoms with Gasteiger partial charge in [-0.3, -0.25) is 4.84 Å². The number of carbonyl (C=O) groups excluding carboxylic acids is 1. The second kappa shape index (κ2) is 1.11. The van der Waals surface area contributed by atoms with Crippen molar-refractivity contribution in [2.75, 3.05) is 0 Å². The van der Waals surface area contributed by atoms with E-state index in [2.05, 4.69) is 15.3 Å². The Labute approximate surface area is 39.1 Å². The molecule has 37 valence electrons. The molecule has 1 heterocycles. The molecule has 0 aliphatic carbocycles. The van der Waals surface area contributed by atoms with Gasteiger partial charge in [-0.25, -0.2) is 4.79 Å². The second-order valence-electron chi connectivity index (χ2n) is 0.918. The van der Waals surface area contributed by atoms with Gasteiger partial charge >= 0.3 is 6.09 Å². The fraction of sp³-hybridized carbons (Fsp3) is 0. The molecule has 1 amide bonds. The summed E-state index contributed by atoms with van der Waals surface area (Å²) < 4.78 is 0. The molecule has 0 fully saturated rings. The van der Waals surface area contributed by atoms with Crippen molar-refractivity contribution in [3.63, 3.8) is 0 Å². The summed E-state index contributed by atoms with van der Waals surface area (Å²) in [5.74, 6) is -0.120. The van der Waals surface area contributed by atoms with Crippen molar-refractivity contribution in [1.29, 1.82) is 0 Å². The molecule has 1 aliphatic heterocycles. The minimum absolute atomic E-state index is 0.120. The third-order valence-corrected chi connectivity index (χ3v) is 0.423. The van der Waals surface area contributed by atoms with Gasteiger partial charge in [0.05, 0.1) is 0 Å². The lowest BCUT2D eigenvalue weighted by molar-refractivity contribution is 0.166. The Bertz CT molecular complexity index is 129. The van der Waals surface area contributed by atoms with E-state index in [1.165, 1.54) is 0 Å². The lowest BCUT2D eigenvalue weighted by Crippen LogP contribution is -2.22. The fourth-order valence-electron chi connectivity index (χ4n) is 0.220. The van der Waals surface area contributed by atoms with Crippen LogP contribution in [0.1, 0.15) is 0 Å². The van der Waals surface area contributed by atoms with Gasteiger partial charge in [0.25, 0.3) is 5.96 Å². The molecule has 0 saturated carbocycles. The van der Waals surface area contributed by atoms with Crippen LogP contribution in [0.25, 0.3) is 0 Å². The maximum absolute atomic E-state index is 9.87. The lowest BCUT2D eigenvalue weighted by Gasteiger charge is -1.75. The first-order valence-corrected chi connectivity index (χ1v) is 1.55. The molecule has 1 radical (unpaired) electrons. The largest absolute Gasteiger partial charge is 0.463 e. The van der Waals surface area contributed by atoms with E-state index >= 15 is 0 Å². The highest BCUT2D eigenvalue weighted by molar-refractivity contribution is 5.95. The highest BCUT2D eigenvalue weighted by Crippen LogP contribution is 1.86. The number of nitrogens with two attached hydrogens (primary N) is 1. The first kappa shape index (κ1) is 3.91. The van der Waals surface area contributed by atoms with Gasteiger partial charge in [0.15, 0.2) is 0 Å². The van der Waals surface area contributed by atoms with Crippen LogP contribution in [0.4, 0.5) is 4.79 Å². The Morgan fingerprint density at radius 3 is 2.57 bits per heavy atom. The van der Waals surface area contributed by atoms with Crippen LogP contribution < -0.4 is 11.1 Å². The summed E-state index contributed by atoms with van der Waals surface area (Å²) in [6.45, 7) is 0. The molecule has 0 aromatic rings. The Morgan fingerprint density at radius 1 is 1.71 bits per heavy atom. The summed E-state index contributed by atoms with van der Waals surface area (Å²) in [7, 11) is 0. The Morgan fingerprint density at radius 2 is 2.43 bits per heavy atom. The predicted molar refractivity (Wildman–Crippen MR) is 20.2 cm³/mol. The van der Waals surface area contributed by atoms with Crippen molar-refractivity contribution < 1.29 is 9.63 Å². The summed E-state index contributed by atoms with van der Waals surface area (Å²) in [5, 5.41) is 6.05. The van der Waals surface area contributed by atoms with Gasteiger partial charge in [-0.1, -0.05) is 0 Å². The van der Waals surface area contributed by atoms with Gasteiger partial charge in [-0.2, -0.15) is 0 Å². The molecular weight excluding hydrogens is 98.0 g/mol. The van der Waals surface area contributed by atoms with E-state index in [1.54, 1.807) is 0 Å². The first-order chi connectivity index (χ1) is 3.29. The van der Waals surface area contributed by atoms with Gasteiger partial charge in [0.2, 0.25) is 0 Å². The molecule has 0 saturated heterocycles. The van der Waals surface area contributed by atoms with E-state index in [0.29, 0.717) is 0 Å². The molecule has 5 heteroatoms. The zero-order valence-corrected chi connectivity index (χ0v) is 3.29. The standard InChI is InChI=1S/C2H2N3O2/c3-1-4-2(6)7-5-1/h(H2,3,5). The van der Waals surface area contributed by atoms with Crippen molar-refractivity contribution in [3.05, 3.63) is 0 Å². The molecule has 0 aromatic carbocycles. The SMILES string of the molecule is NC1=NOC(=O)[N]1. The van der Waals surface area contributed by atoms with Gasteiger partial charge in [0.1, 0.15) is 0 Å². The highest BCUT2D eigenvalue weighted by atomic mass is 16.7. The lowest BCUT2D eigenvalue weighted by atomic mass is 11.0. The maximum atomic E-state index is 9.87. The smallest absolute Gasteiger partial charge is 0.365 e. The number of nitrogens with zero attached hydrogens (tertiary/aromatic N) is 2. The Balaban J connectivity index is 2.58. The topological polar surface area (TPSA) is 78.8 Å². The van der Waals surface area contributed by atoms with Gasteiger partial charge in [0, 0.05) is 0 Å². The van der Waals surface area contributed by atoms with Crippen LogP contribution in [0.2, 0.25) is 0 Å². The molecule has 2 N–H and O–H groups in total. The molecule has 0 unspecified atom stereocenters. The molecule has 5 nitrogen and oxygen atoms in total. The van der Waals surface area contributed by atoms with Crippen molar-refractivity contribution in [1.82, 2.24) is 5.32 Å². The maximum Gasteiger partial charge on any atom is 0.463 e. The molecule has 1 rings (SSSR count). The molecule has 0 bridgehead atoms. The van der Waals surface area contributed by atoms with E-state index in [1.807, 2.05) is 0 Å². The van der Waals surface area contributed by atoms with E-state index in [4.69, 9.17) is 5.73 Å². The third kappa shape index (κ3) is 0.594. The number of hydrogen-bond acceptors (Lipinski definition) is 4. The van der Waals surface area contributed by atoms with Gasteiger partial charge < -0.3 is 5.73 Å². The summed E-state index contributed by atoms with van der Waals surface area (Å²) in [6, 6.07) is 0. The molecule has 0 atom stereocenters. The van der Waals surface area contributed by atoms with E-state index in [-0.39, 0.29) is 5.96 Å². The fourth-order valence-corrected chi connectivity index (χ4v) is 0.220. The molecular formula is C2H2N3O2. The average Bonchev–Trinajstić information content (AvgIpc) is 1.87. The normalized spacial score (nSPS) is 17.7. The third-order valence-electron chi connectivity index (χ3n) is 0.423. The minimum Gasteiger partial charge on any atom is -0.365 e. The Hall–Kier alpha value is -1.26. The summed E-state index contributed by atoms with van der Waals surface area (Å²) >= 11 is 0. The van der Waals surface area contributed by atoms with Crippen molar-refractivity contribution >= 4 is 12.1 Å². The van der Waals surface area contributed by atoms with Crippen LogP contribution in [0, 0.1) is 0 Å². The quantitative estimate of drug-likeness (QED) is 0.395. The molecule has 0 spiro atoms. The monoisotopic (exact) mass is 100 g/mol. The Kier molecular flexibility index (Phi) is 0.619. The van der Waals surface area contributed by atoms with Crippen LogP contribution in [0.5, 0.6) is 0 Å². The average molecular weight is 100 g/mol. The van der Waals surface area contributed by atoms with Crippen molar-refractivity contribution in [2.24, 2.45) is 10.9 Å². The molecule has 1 aliphatic rings. The number of hydrogen-bond donors (Lipinski definition) is 1. The second-order valence-corrected chi connectivity index (χ2v) is 0.918. The number of carbonyl (C=O) groups is 1. The number of guanidine groups is 1. The van der Waals surface area contributed by atoms with Gasteiger partial charge in [-0.05, 0) is 5.16 Å². The van der Waals surface area contributed by atoms with Crippen LogP contribution in [-0.4, -0.2) is 12.1 Å². The van der Waals surface area contributed by atoms with E-state index < -0.39 is 6.09 Å². The van der Waals surface area contributed by atoms with Crippen LogP contribution in [-0.2, 0) is 4.84 Å². The van der Waals surface area contributed by atoms with E-state index in [9.17, 15) is 4.79 Å². The zero-order chi connectivity index (χ0) is 5.28. The van der Waals surface area contributed by atoms with Gasteiger partial charge in [-0.15, -0.1) is 5.32 Å². The van der Waals surface area contributed by atoms with Crippen LogP contribution in [0.3, 0.4) is 0 Å². The number of amides is 1. The molecule has 0 aromatic heterocycles. The van der Waals surface area contributed by atoms with Crippen LogP contribution >= 0.6 is 0 Å². The summed E-state index contributed by atoms with van der Waals surface area (Å²) in [5.41, 5.74) is 4.86. The van der Waals surface area contributed by atoms with E-state index in [0.717, 1.165) is 0 Å².